The first-order chi connectivity index (χ1) is 21.6. The van der Waals surface area contributed by atoms with Crippen molar-refractivity contribution >= 4 is 44.6 Å². The number of carbonyl (C=O) groups is 1. The summed E-state index contributed by atoms with van der Waals surface area (Å²) in [5.41, 5.74) is 7.39. The van der Waals surface area contributed by atoms with E-state index < -0.39 is 5.97 Å². The Balaban J connectivity index is 1.34. The summed E-state index contributed by atoms with van der Waals surface area (Å²) in [6.45, 7) is 15.1. The molecule has 4 aromatic carbocycles. The summed E-state index contributed by atoms with van der Waals surface area (Å²) in [4.78, 5) is 19.8. The molecule has 0 spiro atoms. The molecule has 0 atom stereocenters. The number of benzene rings is 4. The van der Waals surface area contributed by atoms with Gasteiger partial charge in [0, 0.05) is 41.1 Å². The van der Waals surface area contributed by atoms with Crippen LogP contribution in [-0.4, -0.2) is 29.3 Å². The van der Waals surface area contributed by atoms with Gasteiger partial charge in [-0.25, -0.2) is 4.79 Å². The molecule has 0 aromatic heterocycles. The molecule has 0 aliphatic carbocycles. The Hall–Kier alpha value is -4.74. The van der Waals surface area contributed by atoms with Crippen LogP contribution in [0.15, 0.2) is 121 Å². The quantitative estimate of drug-likeness (QED) is 0.101. The van der Waals surface area contributed by atoms with E-state index in [-0.39, 0.29) is 10.8 Å². The van der Waals surface area contributed by atoms with Crippen molar-refractivity contribution in [1.29, 1.82) is 0 Å². The topological polar surface area (TPSA) is 58.6 Å². The maximum Gasteiger partial charge on any atom is 0.356 e. The van der Waals surface area contributed by atoms with Gasteiger partial charge in [0.25, 0.3) is 0 Å². The summed E-state index contributed by atoms with van der Waals surface area (Å²) in [6.07, 6.45) is 11.6. The number of likely N-dealkylation sites (N-methyl/N-ethyl adjacent to an activating group) is 1. The minimum Gasteiger partial charge on any atom is -0.370 e. The SMILES string of the molecule is CCN1C(=CC=CC(=CC=CC2=[N+](CC)c3ccc4ccccc4c3C2(C)C)C(=O)ON)C(C)(C)c2c1ccc1ccccc21. The number of hydrogen-bond donors (Lipinski definition) is 1. The number of nitrogens with two attached hydrogens (primary N) is 1. The molecule has 228 valence electrons. The van der Waals surface area contributed by atoms with Gasteiger partial charge in [0.15, 0.2) is 5.71 Å². The smallest absolute Gasteiger partial charge is 0.356 e. The van der Waals surface area contributed by atoms with E-state index in [1.807, 2.05) is 12.2 Å². The van der Waals surface area contributed by atoms with Crippen LogP contribution in [0.4, 0.5) is 11.4 Å². The van der Waals surface area contributed by atoms with Gasteiger partial charge in [-0.2, -0.15) is 10.5 Å². The minimum atomic E-state index is -0.584. The number of nitrogens with zero attached hydrogens (tertiary/aromatic N) is 2. The highest BCUT2D eigenvalue weighted by atomic mass is 16.7. The lowest BCUT2D eigenvalue weighted by Crippen LogP contribution is -2.27. The number of rotatable bonds is 7. The van der Waals surface area contributed by atoms with Gasteiger partial charge in [-0.3, -0.25) is 0 Å². The number of anilines is 1. The molecule has 2 heterocycles. The summed E-state index contributed by atoms with van der Waals surface area (Å²) in [5, 5.41) is 5.01. The summed E-state index contributed by atoms with van der Waals surface area (Å²) >= 11 is 0. The van der Waals surface area contributed by atoms with Gasteiger partial charge >= 0.3 is 5.97 Å². The lowest BCUT2D eigenvalue weighted by Gasteiger charge is -2.26. The number of fused-ring (bicyclic) bond motifs is 6. The molecule has 2 aliphatic rings. The van der Waals surface area contributed by atoms with Crippen molar-refractivity contribution in [2.45, 2.75) is 52.4 Å². The molecule has 0 radical (unpaired) electrons. The second kappa shape index (κ2) is 11.6. The molecule has 5 nitrogen and oxygen atoms in total. The van der Waals surface area contributed by atoms with Crippen LogP contribution in [0.25, 0.3) is 21.5 Å². The molecule has 0 saturated heterocycles. The van der Waals surface area contributed by atoms with Crippen molar-refractivity contribution < 1.29 is 14.2 Å². The molecule has 0 bridgehead atoms. The molecule has 45 heavy (non-hydrogen) atoms. The van der Waals surface area contributed by atoms with Crippen molar-refractivity contribution in [1.82, 2.24) is 0 Å². The fourth-order valence-corrected chi connectivity index (χ4v) is 7.50. The maximum atomic E-state index is 12.8. The normalized spacial score (nSPS) is 18.2. The van der Waals surface area contributed by atoms with Gasteiger partial charge in [0.1, 0.15) is 6.54 Å². The third-order valence-corrected chi connectivity index (χ3v) is 9.54. The minimum absolute atomic E-state index is 0.220. The van der Waals surface area contributed by atoms with E-state index in [1.165, 1.54) is 55.5 Å². The first-order valence-electron chi connectivity index (χ1n) is 15.8. The molecule has 5 heteroatoms. The van der Waals surface area contributed by atoms with Gasteiger partial charge < -0.3 is 9.74 Å². The van der Waals surface area contributed by atoms with Crippen LogP contribution >= 0.6 is 0 Å². The monoisotopic (exact) mass is 596 g/mol. The van der Waals surface area contributed by atoms with Gasteiger partial charge in [0.05, 0.1) is 11.0 Å². The molecule has 2 aliphatic heterocycles. The Bertz CT molecular complexity index is 1990. The number of carbonyl (C=O) groups excluding carboxylic acids is 1. The third-order valence-electron chi connectivity index (χ3n) is 9.54. The van der Waals surface area contributed by atoms with E-state index in [4.69, 9.17) is 5.90 Å². The van der Waals surface area contributed by atoms with Gasteiger partial charge in [-0.15, -0.1) is 0 Å². The molecule has 0 amide bonds. The van der Waals surface area contributed by atoms with Crippen molar-refractivity contribution in [3.63, 3.8) is 0 Å². The molecular formula is C40H42N3O2+. The Morgan fingerprint density at radius 2 is 1.49 bits per heavy atom. The largest absolute Gasteiger partial charge is 0.370 e. The van der Waals surface area contributed by atoms with E-state index >= 15 is 0 Å². The number of hydrogen-bond acceptors (Lipinski definition) is 4. The van der Waals surface area contributed by atoms with Crippen LogP contribution in [0.1, 0.15) is 52.7 Å². The fraction of sp³-hybridized carbons (Fsp3) is 0.250. The molecule has 0 saturated carbocycles. The summed E-state index contributed by atoms with van der Waals surface area (Å²) in [5.74, 6) is 4.78. The average molecular weight is 597 g/mol. The van der Waals surface area contributed by atoms with Crippen LogP contribution < -0.4 is 10.8 Å². The highest BCUT2D eigenvalue weighted by molar-refractivity contribution is 6.08. The lowest BCUT2D eigenvalue weighted by molar-refractivity contribution is -0.433. The van der Waals surface area contributed by atoms with Crippen LogP contribution in [0.5, 0.6) is 0 Å². The zero-order valence-corrected chi connectivity index (χ0v) is 27.1. The fourth-order valence-electron chi connectivity index (χ4n) is 7.50. The summed E-state index contributed by atoms with van der Waals surface area (Å²) < 4.78 is 2.36. The zero-order valence-electron chi connectivity index (χ0n) is 27.1. The van der Waals surface area contributed by atoms with E-state index in [0.29, 0.717) is 5.57 Å². The second-order valence-electron chi connectivity index (χ2n) is 12.8. The van der Waals surface area contributed by atoms with Crippen LogP contribution in [0.2, 0.25) is 0 Å². The first kappa shape index (κ1) is 30.3. The van der Waals surface area contributed by atoms with Gasteiger partial charge in [0.2, 0.25) is 5.69 Å². The van der Waals surface area contributed by atoms with Gasteiger partial charge in [-0.1, -0.05) is 80.6 Å². The molecule has 2 N–H and O–H groups in total. The third kappa shape index (κ3) is 4.92. The Morgan fingerprint density at radius 3 is 2.13 bits per heavy atom. The van der Waals surface area contributed by atoms with Gasteiger partial charge in [-0.05, 0) is 85.2 Å². The highest BCUT2D eigenvalue weighted by Crippen LogP contribution is 2.50. The summed E-state index contributed by atoms with van der Waals surface area (Å²) in [6, 6.07) is 25.9. The molecular weight excluding hydrogens is 554 g/mol. The first-order valence-corrected chi connectivity index (χ1v) is 15.8. The Kier molecular flexibility index (Phi) is 7.84. The molecule has 6 rings (SSSR count). The number of allylic oxidation sites excluding steroid dienone is 6. The summed E-state index contributed by atoms with van der Waals surface area (Å²) in [7, 11) is 0. The molecule has 0 fully saturated rings. The highest BCUT2D eigenvalue weighted by Gasteiger charge is 2.45. The van der Waals surface area contributed by atoms with Crippen molar-refractivity contribution in [3.05, 3.63) is 132 Å². The van der Waals surface area contributed by atoms with E-state index in [2.05, 4.69) is 141 Å². The van der Waals surface area contributed by atoms with Crippen LogP contribution in [0.3, 0.4) is 0 Å². The predicted molar refractivity (Wildman–Crippen MR) is 187 cm³/mol. The zero-order chi connectivity index (χ0) is 31.9. The Morgan fingerprint density at radius 1 is 0.844 bits per heavy atom. The van der Waals surface area contributed by atoms with Crippen LogP contribution in [-0.2, 0) is 20.5 Å². The Labute approximate surface area is 266 Å². The predicted octanol–water partition coefficient (Wildman–Crippen LogP) is 8.55. The molecule has 4 aromatic rings. The van der Waals surface area contributed by atoms with Crippen LogP contribution in [0, 0.1) is 0 Å². The van der Waals surface area contributed by atoms with E-state index in [1.54, 1.807) is 12.2 Å². The maximum absolute atomic E-state index is 12.8. The van der Waals surface area contributed by atoms with Crippen molar-refractivity contribution in [3.8, 4) is 0 Å². The lowest BCUT2D eigenvalue weighted by atomic mass is 9.79. The second-order valence-corrected chi connectivity index (χ2v) is 12.8. The average Bonchev–Trinajstić information content (AvgIpc) is 3.41. The van der Waals surface area contributed by atoms with E-state index in [0.717, 1.165) is 13.1 Å². The van der Waals surface area contributed by atoms with Crippen molar-refractivity contribution in [2.75, 3.05) is 18.0 Å². The van der Waals surface area contributed by atoms with E-state index in [9.17, 15) is 4.79 Å². The van der Waals surface area contributed by atoms with Crippen molar-refractivity contribution in [2.24, 2.45) is 5.90 Å². The standard InChI is InChI=1S/C40H42N3O2/c1-7-42-32-25-23-27-15-9-11-19-30(27)36(32)39(3,4)34(42)21-13-17-29(38(44)45-41)18-14-22-35-40(5,6)37-31-20-12-10-16-28(31)24-26-33(37)43(35)8-2/h9-26H,7-8,41H2,1-6H3/q+1. The molecule has 0 unspecified atom stereocenters.